The van der Waals surface area contributed by atoms with Crippen molar-refractivity contribution in [2.75, 3.05) is 13.2 Å². The van der Waals surface area contributed by atoms with Crippen LogP contribution in [0, 0.1) is 35.5 Å². The Morgan fingerprint density at radius 3 is 2.41 bits per heavy atom. The van der Waals surface area contributed by atoms with Crippen LogP contribution in [0.3, 0.4) is 0 Å². The van der Waals surface area contributed by atoms with Gasteiger partial charge in [0.25, 0.3) is 0 Å². The van der Waals surface area contributed by atoms with Crippen molar-refractivity contribution in [1.82, 2.24) is 4.98 Å². The maximum absolute atomic E-state index is 11.7. The zero-order chi connectivity index (χ0) is 28.6. The van der Waals surface area contributed by atoms with E-state index in [0.717, 1.165) is 62.4 Å². The van der Waals surface area contributed by atoms with Gasteiger partial charge in [0.2, 0.25) is 0 Å². The number of allylic oxidation sites excluding steroid dienone is 2. The van der Waals surface area contributed by atoms with Crippen molar-refractivity contribution in [3.05, 3.63) is 62.6 Å². The highest BCUT2D eigenvalue weighted by molar-refractivity contribution is 7.09. The molecule has 1 aromatic heterocycles. The molecule has 3 saturated carbocycles. The number of ether oxygens (including phenoxy) is 2. The van der Waals surface area contributed by atoms with E-state index in [4.69, 9.17) is 9.47 Å². The van der Waals surface area contributed by atoms with E-state index in [-0.39, 0.29) is 10.8 Å². The van der Waals surface area contributed by atoms with Gasteiger partial charge in [-0.2, -0.15) is 0 Å². The SMILES string of the molecule is Cc1nc(C=Cc2ccc(C3CC4(C)C(CCC4(C)O)C4CCC5CC6(CCC5=C34)OCC(C)(C)CO6)cc2)cs1. The van der Waals surface area contributed by atoms with E-state index >= 15 is 0 Å². The highest BCUT2D eigenvalue weighted by Crippen LogP contribution is 2.67. The summed E-state index contributed by atoms with van der Waals surface area (Å²) in [6.45, 7) is 12.6. The standard InChI is InChI=1S/C36H47NO3S/c1-23-37-27(20-41-23)12-8-24-6-9-25(10-7-24)30-19-34(4)31(15-16-35(34,5)38)29-13-11-26-18-36(17-14-28(26)32(29)30)39-21-33(2,3)22-40-36/h6-10,12,20,26,29-31,38H,11,13-19,21-22H2,1-5H3. The predicted octanol–water partition coefficient (Wildman–Crippen LogP) is 8.55. The van der Waals surface area contributed by atoms with Gasteiger partial charge in [0.15, 0.2) is 5.79 Å². The molecular weight excluding hydrogens is 526 g/mol. The van der Waals surface area contributed by atoms with E-state index in [0.29, 0.717) is 23.7 Å². The minimum atomic E-state index is -0.607. The van der Waals surface area contributed by atoms with Gasteiger partial charge in [-0.15, -0.1) is 11.3 Å². The molecule has 4 nitrogen and oxygen atoms in total. The summed E-state index contributed by atoms with van der Waals surface area (Å²) in [6, 6.07) is 9.26. The number of fused-ring (bicyclic) bond motifs is 4. The van der Waals surface area contributed by atoms with E-state index in [2.05, 4.69) is 81.4 Å². The van der Waals surface area contributed by atoms with E-state index < -0.39 is 11.4 Å². The summed E-state index contributed by atoms with van der Waals surface area (Å²) in [7, 11) is 0. The second-order valence-corrected chi connectivity index (χ2v) is 16.2. The summed E-state index contributed by atoms with van der Waals surface area (Å²) >= 11 is 1.69. The Hall–Kier alpha value is -1.79. The largest absolute Gasteiger partial charge is 0.390 e. The van der Waals surface area contributed by atoms with Gasteiger partial charge < -0.3 is 14.6 Å². The molecule has 1 spiro atoms. The number of aliphatic hydroxyl groups is 1. The van der Waals surface area contributed by atoms with E-state index in [1.54, 1.807) is 22.5 Å². The van der Waals surface area contributed by atoms with Gasteiger partial charge in [-0.25, -0.2) is 4.98 Å². The van der Waals surface area contributed by atoms with Gasteiger partial charge in [-0.1, -0.05) is 62.3 Å². The number of hydrogen-bond donors (Lipinski definition) is 1. The fourth-order valence-corrected chi connectivity index (χ4v) is 9.81. The van der Waals surface area contributed by atoms with Crippen molar-refractivity contribution in [2.24, 2.45) is 28.6 Å². The monoisotopic (exact) mass is 573 g/mol. The van der Waals surface area contributed by atoms with Crippen LogP contribution in [-0.2, 0) is 9.47 Å². The van der Waals surface area contributed by atoms with Gasteiger partial charge >= 0.3 is 0 Å². The van der Waals surface area contributed by atoms with E-state index in [9.17, 15) is 5.11 Å². The molecule has 1 saturated heterocycles. The van der Waals surface area contributed by atoms with Gasteiger partial charge in [0.05, 0.1) is 29.5 Å². The first-order valence-corrected chi connectivity index (χ1v) is 16.8. The summed E-state index contributed by atoms with van der Waals surface area (Å²) in [5, 5.41) is 14.9. The number of benzene rings is 1. The Balaban J connectivity index is 1.22. The normalized spacial score (nSPS) is 37.7. The molecule has 1 N–H and O–H groups in total. The van der Waals surface area contributed by atoms with Crippen molar-refractivity contribution in [3.63, 3.8) is 0 Å². The first-order valence-electron chi connectivity index (χ1n) is 15.9. The average Bonchev–Trinajstić information content (AvgIpc) is 3.47. The second kappa shape index (κ2) is 9.87. The smallest absolute Gasteiger partial charge is 0.169 e. The number of thiazole rings is 1. The fourth-order valence-electron chi connectivity index (χ4n) is 9.23. The van der Waals surface area contributed by atoms with Gasteiger partial charge in [0, 0.05) is 35.0 Å². The Labute approximate surface area is 250 Å². The second-order valence-electron chi connectivity index (χ2n) is 15.1. The number of nitrogens with zero attached hydrogens (tertiary/aromatic N) is 1. The minimum absolute atomic E-state index is 0.0582. The summed E-state index contributed by atoms with van der Waals surface area (Å²) in [4.78, 5) is 4.57. The molecule has 6 unspecified atom stereocenters. The molecule has 220 valence electrons. The molecule has 1 aromatic carbocycles. The molecule has 0 amide bonds. The molecule has 5 aliphatic rings. The van der Waals surface area contributed by atoms with Crippen LogP contribution >= 0.6 is 11.3 Å². The Bertz CT molecular complexity index is 1360. The Morgan fingerprint density at radius 1 is 0.951 bits per heavy atom. The molecule has 4 fully saturated rings. The molecular formula is C36H47NO3S. The summed E-state index contributed by atoms with van der Waals surface area (Å²) in [6.07, 6.45) is 12.9. The van der Waals surface area contributed by atoms with Crippen LogP contribution < -0.4 is 0 Å². The molecule has 2 aromatic rings. The Kier molecular flexibility index (Phi) is 6.74. The zero-order valence-electron chi connectivity index (χ0n) is 25.5. The predicted molar refractivity (Wildman–Crippen MR) is 167 cm³/mol. The zero-order valence-corrected chi connectivity index (χ0v) is 26.4. The lowest BCUT2D eigenvalue weighted by Crippen LogP contribution is -2.53. The van der Waals surface area contributed by atoms with Crippen LogP contribution in [0.4, 0.5) is 0 Å². The Morgan fingerprint density at radius 2 is 1.71 bits per heavy atom. The minimum Gasteiger partial charge on any atom is -0.390 e. The first-order chi connectivity index (χ1) is 19.5. The maximum atomic E-state index is 11.7. The fraction of sp³-hybridized carbons (Fsp3) is 0.639. The molecule has 7 rings (SSSR count). The molecule has 6 atom stereocenters. The van der Waals surface area contributed by atoms with Crippen LogP contribution in [0.5, 0.6) is 0 Å². The summed E-state index contributed by atoms with van der Waals surface area (Å²) in [5.41, 5.74) is 6.52. The number of aryl methyl sites for hydroxylation is 1. The molecule has 5 heteroatoms. The maximum Gasteiger partial charge on any atom is 0.169 e. The molecule has 1 aliphatic heterocycles. The lowest BCUT2D eigenvalue weighted by molar-refractivity contribution is -0.312. The molecule has 0 radical (unpaired) electrons. The quantitative estimate of drug-likeness (QED) is 0.374. The molecule has 2 heterocycles. The lowest BCUT2D eigenvalue weighted by atomic mass is 9.50. The van der Waals surface area contributed by atoms with Gasteiger partial charge in [-0.05, 0) is 87.3 Å². The van der Waals surface area contributed by atoms with Crippen molar-refractivity contribution in [1.29, 1.82) is 0 Å². The van der Waals surface area contributed by atoms with E-state index in [1.807, 2.05) is 0 Å². The van der Waals surface area contributed by atoms with E-state index in [1.165, 1.54) is 24.0 Å². The van der Waals surface area contributed by atoms with Gasteiger partial charge in [-0.3, -0.25) is 0 Å². The topological polar surface area (TPSA) is 51.6 Å². The summed E-state index contributed by atoms with van der Waals surface area (Å²) in [5.74, 6) is 1.67. The lowest BCUT2D eigenvalue weighted by Gasteiger charge is -2.56. The van der Waals surface area contributed by atoms with Crippen LogP contribution in [0.25, 0.3) is 12.2 Å². The van der Waals surface area contributed by atoms with Crippen LogP contribution in [-0.4, -0.2) is 34.7 Å². The van der Waals surface area contributed by atoms with Crippen LogP contribution in [0.15, 0.2) is 40.8 Å². The molecule has 41 heavy (non-hydrogen) atoms. The number of hydrogen-bond acceptors (Lipinski definition) is 5. The first kappa shape index (κ1) is 28.0. The van der Waals surface area contributed by atoms with Crippen molar-refractivity contribution in [2.45, 2.75) is 103 Å². The highest BCUT2D eigenvalue weighted by Gasteiger charge is 2.61. The van der Waals surface area contributed by atoms with Crippen LogP contribution in [0.2, 0.25) is 0 Å². The number of rotatable bonds is 3. The molecule has 0 bridgehead atoms. The molecule has 4 aliphatic carbocycles. The van der Waals surface area contributed by atoms with Crippen molar-refractivity contribution >= 4 is 23.5 Å². The van der Waals surface area contributed by atoms with Gasteiger partial charge in [0.1, 0.15) is 0 Å². The third-order valence-electron chi connectivity index (χ3n) is 11.8. The third kappa shape index (κ3) is 4.80. The van der Waals surface area contributed by atoms with Crippen molar-refractivity contribution in [3.8, 4) is 0 Å². The van der Waals surface area contributed by atoms with Crippen LogP contribution in [0.1, 0.15) is 107 Å². The third-order valence-corrected chi connectivity index (χ3v) is 12.6. The van der Waals surface area contributed by atoms with Crippen molar-refractivity contribution < 1.29 is 14.6 Å². The summed E-state index contributed by atoms with van der Waals surface area (Å²) < 4.78 is 13.0. The number of aromatic nitrogens is 1. The highest BCUT2D eigenvalue weighted by atomic mass is 32.1. The average molecular weight is 574 g/mol.